The number of anilines is 1. The van der Waals surface area contributed by atoms with Gasteiger partial charge in [-0.05, 0) is 64.5 Å². The zero-order chi connectivity index (χ0) is 20.7. The zero-order valence-corrected chi connectivity index (χ0v) is 17.5. The van der Waals surface area contributed by atoms with Crippen molar-refractivity contribution in [2.45, 2.75) is 70.4 Å². The lowest BCUT2D eigenvalue weighted by atomic mass is 9.91. The SMILES string of the molecule is Cc1cc(C)n(-c2ccc(=O)n(C3CCC(Nc4cc(C5CC5)ncn4)CC3)n2)n1. The van der Waals surface area contributed by atoms with Crippen LogP contribution in [-0.4, -0.2) is 35.6 Å². The molecule has 8 nitrogen and oxygen atoms in total. The first-order valence-corrected chi connectivity index (χ1v) is 10.8. The molecule has 2 saturated carbocycles. The third-order valence-corrected chi connectivity index (χ3v) is 6.12. The maximum atomic E-state index is 12.5. The monoisotopic (exact) mass is 405 g/mol. The molecule has 3 aromatic heterocycles. The minimum absolute atomic E-state index is 0.0541. The highest BCUT2D eigenvalue weighted by atomic mass is 16.1. The number of hydrogen-bond acceptors (Lipinski definition) is 6. The molecule has 156 valence electrons. The van der Waals surface area contributed by atoms with Gasteiger partial charge in [-0.25, -0.2) is 19.3 Å². The van der Waals surface area contributed by atoms with Crippen LogP contribution in [0.2, 0.25) is 0 Å². The van der Waals surface area contributed by atoms with Crippen molar-refractivity contribution in [2.24, 2.45) is 0 Å². The van der Waals surface area contributed by atoms with Gasteiger partial charge in [0.05, 0.1) is 11.7 Å². The first-order chi connectivity index (χ1) is 14.6. The van der Waals surface area contributed by atoms with Gasteiger partial charge in [0.1, 0.15) is 12.1 Å². The van der Waals surface area contributed by atoms with Gasteiger partial charge in [-0.2, -0.15) is 5.10 Å². The minimum Gasteiger partial charge on any atom is -0.367 e. The topological polar surface area (TPSA) is 90.5 Å². The average Bonchev–Trinajstić information content (AvgIpc) is 3.54. The number of hydrogen-bond donors (Lipinski definition) is 1. The van der Waals surface area contributed by atoms with Crippen LogP contribution in [0, 0.1) is 13.8 Å². The van der Waals surface area contributed by atoms with Crippen LogP contribution in [0.15, 0.2) is 35.4 Å². The Kier molecular flexibility index (Phi) is 4.84. The van der Waals surface area contributed by atoms with E-state index >= 15 is 0 Å². The Hall–Kier alpha value is -3.03. The molecule has 8 heteroatoms. The summed E-state index contributed by atoms with van der Waals surface area (Å²) < 4.78 is 3.45. The van der Waals surface area contributed by atoms with Crippen molar-refractivity contribution in [1.82, 2.24) is 29.5 Å². The largest absolute Gasteiger partial charge is 0.367 e. The summed E-state index contributed by atoms with van der Waals surface area (Å²) in [6.45, 7) is 3.95. The highest BCUT2D eigenvalue weighted by Gasteiger charge is 2.27. The van der Waals surface area contributed by atoms with E-state index in [9.17, 15) is 4.79 Å². The quantitative estimate of drug-likeness (QED) is 0.700. The number of aromatic nitrogens is 6. The molecule has 3 aromatic rings. The summed E-state index contributed by atoms with van der Waals surface area (Å²) in [4.78, 5) is 21.3. The highest BCUT2D eigenvalue weighted by molar-refractivity contribution is 5.38. The first kappa shape index (κ1) is 19.0. The van der Waals surface area contributed by atoms with Crippen LogP contribution in [0.1, 0.15) is 67.6 Å². The van der Waals surface area contributed by atoms with Gasteiger partial charge in [0, 0.05) is 35.5 Å². The summed E-state index contributed by atoms with van der Waals surface area (Å²) in [5.41, 5.74) is 3.04. The molecular formula is C22H27N7O. The lowest BCUT2D eigenvalue weighted by molar-refractivity contribution is 0.302. The van der Waals surface area contributed by atoms with Gasteiger partial charge in [-0.15, -0.1) is 5.10 Å². The Labute approximate surface area is 175 Å². The van der Waals surface area contributed by atoms with Gasteiger partial charge in [0.25, 0.3) is 5.56 Å². The summed E-state index contributed by atoms with van der Waals surface area (Å²) in [7, 11) is 0. The second-order valence-electron chi connectivity index (χ2n) is 8.57. The summed E-state index contributed by atoms with van der Waals surface area (Å²) in [6.07, 6.45) is 7.91. The maximum absolute atomic E-state index is 12.5. The van der Waals surface area contributed by atoms with Crippen molar-refractivity contribution in [3.8, 4) is 5.82 Å². The molecule has 2 fully saturated rings. The predicted octanol–water partition coefficient (Wildman–Crippen LogP) is 3.31. The predicted molar refractivity (Wildman–Crippen MR) is 114 cm³/mol. The van der Waals surface area contributed by atoms with Crippen molar-refractivity contribution in [1.29, 1.82) is 0 Å². The summed E-state index contributed by atoms with van der Waals surface area (Å²) in [5.74, 6) is 2.22. The number of aryl methyl sites for hydroxylation is 2. The lowest BCUT2D eigenvalue weighted by Gasteiger charge is -2.30. The van der Waals surface area contributed by atoms with Gasteiger partial charge >= 0.3 is 0 Å². The van der Waals surface area contributed by atoms with Crippen molar-refractivity contribution in [2.75, 3.05) is 5.32 Å². The fourth-order valence-electron chi connectivity index (χ4n) is 4.38. The number of rotatable bonds is 5. The molecule has 0 aliphatic heterocycles. The lowest BCUT2D eigenvalue weighted by Crippen LogP contribution is -2.33. The summed E-state index contributed by atoms with van der Waals surface area (Å²) in [5, 5.41) is 12.7. The normalized spacial score (nSPS) is 21.5. The Morgan fingerprint density at radius 1 is 0.967 bits per heavy atom. The van der Waals surface area contributed by atoms with Crippen LogP contribution in [0.25, 0.3) is 5.82 Å². The Morgan fingerprint density at radius 2 is 1.77 bits per heavy atom. The first-order valence-electron chi connectivity index (χ1n) is 10.8. The van der Waals surface area contributed by atoms with E-state index < -0.39 is 0 Å². The van der Waals surface area contributed by atoms with Crippen LogP contribution in [0.3, 0.4) is 0 Å². The van der Waals surface area contributed by atoms with E-state index in [4.69, 9.17) is 0 Å². The Bertz CT molecular complexity index is 1110. The van der Waals surface area contributed by atoms with E-state index in [1.54, 1.807) is 27.8 Å². The maximum Gasteiger partial charge on any atom is 0.267 e. The van der Waals surface area contributed by atoms with E-state index in [-0.39, 0.29) is 11.6 Å². The molecule has 0 aromatic carbocycles. The summed E-state index contributed by atoms with van der Waals surface area (Å²) in [6, 6.07) is 7.92. The average molecular weight is 406 g/mol. The molecule has 0 bridgehead atoms. The van der Waals surface area contributed by atoms with Gasteiger partial charge in [0.2, 0.25) is 0 Å². The molecule has 0 amide bonds. The van der Waals surface area contributed by atoms with E-state index in [0.29, 0.717) is 17.8 Å². The standard InChI is InChI=1S/C22H27N7O/c1-14-11-15(2)28(26-14)21-9-10-22(30)29(27-21)18-7-5-17(6-8-18)25-20-12-19(16-3-4-16)23-13-24-20/h9-13,16-18H,3-8H2,1-2H3,(H,23,24,25). The Morgan fingerprint density at radius 3 is 2.47 bits per heavy atom. The number of nitrogens with one attached hydrogen (secondary N) is 1. The van der Waals surface area contributed by atoms with Crippen LogP contribution in [0.4, 0.5) is 5.82 Å². The van der Waals surface area contributed by atoms with E-state index in [1.807, 2.05) is 19.9 Å². The van der Waals surface area contributed by atoms with Crippen molar-refractivity contribution in [3.05, 3.63) is 58.0 Å². The van der Waals surface area contributed by atoms with Gasteiger partial charge < -0.3 is 5.32 Å². The molecule has 0 atom stereocenters. The molecule has 2 aliphatic rings. The van der Waals surface area contributed by atoms with Gasteiger partial charge in [-0.3, -0.25) is 4.79 Å². The molecule has 0 saturated heterocycles. The molecule has 2 aliphatic carbocycles. The molecule has 0 spiro atoms. The van der Waals surface area contributed by atoms with E-state index in [2.05, 4.69) is 31.5 Å². The second kappa shape index (κ2) is 7.66. The van der Waals surface area contributed by atoms with Crippen LogP contribution >= 0.6 is 0 Å². The minimum atomic E-state index is -0.0541. The van der Waals surface area contributed by atoms with Crippen molar-refractivity contribution in [3.63, 3.8) is 0 Å². The van der Waals surface area contributed by atoms with Gasteiger partial charge in [0.15, 0.2) is 5.82 Å². The summed E-state index contributed by atoms with van der Waals surface area (Å²) >= 11 is 0. The van der Waals surface area contributed by atoms with Crippen molar-refractivity contribution < 1.29 is 0 Å². The van der Waals surface area contributed by atoms with Crippen LogP contribution in [-0.2, 0) is 0 Å². The fraction of sp³-hybridized carbons (Fsp3) is 0.500. The molecule has 1 N–H and O–H groups in total. The van der Waals surface area contributed by atoms with Crippen molar-refractivity contribution >= 4 is 5.82 Å². The molecule has 0 unspecified atom stereocenters. The second-order valence-corrected chi connectivity index (χ2v) is 8.57. The van der Waals surface area contributed by atoms with Crippen LogP contribution in [0.5, 0.6) is 0 Å². The molecule has 30 heavy (non-hydrogen) atoms. The van der Waals surface area contributed by atoms with Crippen LogP contribution < -0.4 is 10.9 Å². The molecule has 5 rings (SSSR count). The highest BCUT2D eigenvalue weighted by Crippen LogP contribution is 2.39. The third kappa shape index (κ3) is 3.86. The van der Waals surface area contributed by atoms with E-state index in [0.717, 1.165) is 48.6 Å². The van der Waals surface area contributed by atoms with Gasteiger partial charge in [-0.1, -0.05) is 0 Å². The zero-order valence-electron chi connectivity index (χ0n) is 17.5. The fourth-order valence-corrected chi connectivity index (χ4v) is 4.38. The molecule has 3 heterocycles. The Balaban J connectivity index is 1.27. The molecular weight excluding hydrogens is 378 g/mol. The third-order valence-electron chi connectivity index (χ3n) is 6.12. The number of nitrogens with zero attached hydrogens (tertiary/aromatic N) is 6. The smallest absolute Gasteiger partial charge is 0.267 e. The molecule has 0 radical (unpaired) electrons. The van der Waals surface area contributed by atoms with E-state index in [1.165, 1.54) is 12.8 Å².